The molecule has 0 saturated heterocycles. The molecule has 0 spiro atoms. The number of rotatable bonds is 6. The highest BCUT2D eigenvalue weighted by atomic mass is 28.3. The van der Waals surface area contributed by atoms with Crippen molar-refractivity contribution in [3.63, 3.8) is 0 Å². The summed E-state index contributed by atoms with van der Waals surface area (Å²) in [6.07, 6.45) is 1.11. The fourth-order valence-corrected chi connectivity index (χ4v) is 5.49. The first-order valence-electron chi connectivity index (χ1n) is 10.4. The van der Waals surface area contributed by atoms with Gasteiger partial charge in [0.2, 0.25) is 0 Å². The van der Waals surface area contributed by atoms with Crippen LogP contribution in [0.4, 0.5) is 5.69 Å². The van der Waals surface area contributed by atoms with Crippen molar-refractivity contribution in [1.29, 1.82) is 0 Å². The third-order valence-corrected chi connectivity index (χ3v) is 7.60. The van der Waals surface area contributed by atoms with Crippen LogP contribution in [0.1, 0.15) is 12.0 Å². The number of hydrogen-bond acceptors (Lipinski definition) is 2. The number of aromatic nitrogens is 1. The highest BCUT2D eigenvalue weighted by molar-refractivity contribution is 6.76. The Kier molecular flexibility index (Phi) is 5.24. The summed E-state index contributed by atoms with van der Waals surface area (Å²) in [6.45, 7) is 10.2. The van der Waals surface area contributed by atoms with Gasteiger partial charge in [0, 0.05) is 48.6 Å². The van der Waals surface area contributed by atoms with Crippen LogP contribution in [0.15, 0.2) is 54.6 Å². The maximum atomic E-state index is 11.4. The second kappa shape index (κ2) is 7.72. The molecule has 0 N–H and O–H groups in total. The Bertz CT molecular complexity index is 1250. The summed E-state index contributed by atoms with van der Waals surface area (Å²) in [5, 5.41) is 13.4. The summed E-state index contributed by atoms with van der Waals surface area (Å²) in [4.78, 5) is 11.1. The van der Waals surface area contributed by atoms with Gasteiger partial charge in [0.15, 0.2) is 0 Å². The topological polar surface area (TPSA) is 48.1 Å². The van der Waals surface area contributed by atoms with Crippen LogP contribution in [0.5, 0.6) is 0 Å². The van der Waals surface area contributed by atoms with Gasteiger partial charge in [-0.2, -0.15) is 0 Å². The normalized spacial score (nSPS) is 12.0. The van der Waals surface area contributed by atoms with Gasteiger partial charge in [-0.05, 0) is 48.7 Å². The molecule has 0 saturated carbocycles. The van der Waals surface area contributed by atoms with E-state index in [0.29, 0.717) is 0 Å². The molecule has 153 valence electrons. The summed E-state index contributed by atoms with van der Waals surface area (Å²) >= 11 is 0. The predicted octanol–water partition coefficient (Wildman–Crippen LogP) is 7.21. The first-order chi connectivity index (χ1) is 14.3. The quantitative estimate of drug-likeness (QED) is 0.190. The zero-order valence-corrected chi connectivity index (χ0v) is 19.0. The average Bonchev–Trinajstić information content (AvgIpc) is 3.01. The van der Waals surface area contributed by atoms with Gasteiger partial charge in [-0.25, -0.2) is 0 Å². The van der Waals surface area contributed by atoms with Crippen molar-refractivity contribution in [2.24, 2.45) is 0 Å². The first kappa shape index (κ1) is 20.4. The van der Waals surface area contributed by atoms with Crippen LogP contribution in [0.2, 0.25) is 25.7 Å². The molecule has 4 rings (SSSR count). The molecule has 0 aliphatic rings. The van der Waals surface area contributed by atoms with Gasteiger partial charge in [-0.3, -0.25) is 10.1 Å². The number of nitro benzene ring substituents is 1. The number of nitro groups is 1. The van der Waals surface area contributed by atoms with Crippen molar-refractivity contribution in [2.45, 2.75) is 45.6 Å². The van der Waals surface area contributed by atoms with Crippen molar-refractivity contribution in [3.05, 3.63) is 76.3 Å². The van der Waals surface area contributed by atoms with Gasteiger partial charge in [0.05, 0.1) is 10.4 Å². The molecule has 1 aromatic heterocycles. The predicted molar refractivity (Wildman–Crippen MR) is 128 cm³/mol. The lowest BCUT2D eigenvalue weighted by Gasteiger charge is -2.17. The molecule has 0 amide bonds. The summed E-state index contributed by atoms with van der Waals surface area (Å²) in [7, 11) is -1.14. The van der Waals surface area contributed by atoms with Gasteiger partial charge in [0.1, 0.15) is 0 Å². The number of aryl methyl sites for hydroxylation is 2. The van der Waals surface area contributed by atoms with E-state index in [1.807, 2.05) is 18.2 Å². The Hall–Kier alpha value is -2.92. The molecule has 1 radical (unpaired) electrons. The van der Waals surface area contributed by atoms with Crippen LogP contribution < -0.4 is 0 Å². The molecule has 0 unspecified atom stereocenters. The van der Waals surface area contributed by atoms with Crippen molar-refractivity contribution < 1.29 is 4.92 Å². The van der Waals surface area contributed by atoms with E-state index in [-0.39, 0.29) is 10.6 Å². The second-order valence-corrected chi connectivity index (χ2v) is 14.8. The molecule has 0 atom stereocenters. The molecule has 1 heterocycles. The van der Waals surface area contributed by atoms with Gasteiger partial charge in [-0.1, -0.05) is 50.0 Å². The van der Waals surface area contributed by atoms with Gasteiger partial charge >= 0.3 is 0 Å². The third-order valence-electron chi connectivity index (χ3n) is 5.75. The monoisotopic (exact) mass is 415 g/mol. The highest BCUT2D eigenvalue weighted by Crippen LogP contribution is 2.38. The first-order valence-corrected chi connectivity index (χ1v) is 14.1. The molecule has 4 aromatic rings. The van der Waals surface area contributed by atoms with E-state index in [4.69, 9.17) is 0 Å². The average molecular weight is 416 g/mol. The molecular weight excluding hydrogens is 388 g/mol. The van der Waals surface area contributed by atoms with Crippen LogP contribution in [0, 0.1) is 23.1 Å². The third kappa shape index (κ3) is 3.77. The summed E-state index contributed by atoms with van der Waals surface area (Å²) in [6, 6.07) is 22.2. The zero-order chi connectivity index (χ0) is 21.5. The summed E-state index contributed by atoms with van der Waals surface area (Å²) < 4.78 is 2.37. The summed E-state index contributed by atoms with van der Waals surface area (Å²) in [5.74, 6) is 0. The van der Waals surface area contributed by atoms with Crippen molar-refractivity contribution in [1.82, 2.24) is 4.57 Å². The lowest BCUT2D eigenvalue weighted by Crippen LogP contribution is -2.19. The lowest BCUT2D eigenvalue weighted by atomic mass is 9.98. The largest absolute Gasteiger partial charge is 0.340 e. The minimum Gasteiger partial charge on any atom is -0.340 e. The zero-order valence-electron chi connectivity index (χ0n) is 18.0. The van der Waals surface area contributed by atoms with Crippen molar-refractivity contribution in [2.75, 3.05) is 0 Å². The molecule has 4 nitrogen and oxygen atoms in total. The van der Waals surface area contributed by atoms with Crippen LogP contribution in [-0.2, 0) is 6.54 Å². The van der Waals surface area contributed by atoms with E-state index in [2.05, 4.69) is 61.5 Å². The van der Waals surface area contributed by atoms with Crippen LogP contribution in [-0.4, -0.2) is 17.6 Å². The smallest absolute Gasteiger partial charge is 0.270 e. The number of nitrogens with zero attached hydrogens (tertiary/aromatic N) is 2. The Morgan fingerprint density at radius 2 is 1.80 bits per heavy atom. The number of hydrogen-bond donors (Lipinski definition) is 0. The number of benzene rings is 3. The molecule has 0 bridgehead atoms. The fourth-order valence-electron chi connectivity index (χ4n) is 4.28. The lowest BCUT2D eigenvalue weighted by molar-refractivity contribution is -0.384. The standard InChI is InChI=1S/C25H27N2O2Si/c1-18-9-5-6-10-20(18)21-11-7-12-22-23-17-19(27(28)29)13-14-24(23)26(25(21)22)15-8-16-30(2,3)4/h5-6,9-14,17H,8,15-16H2,1-4H3. The van der Waals surface area contributed by atoms with Crippen LogP contribution in [0.25, 0.3) is 32.9 Å². The van der Waals surface area contributed by atoms with Gasteiger partial charge in [-0.15, -0.1) is 0 Å². The molecule has 0 aliphatic heterocycles. The highest BCUT2D eigenvalue weighted by Gasteiger charge is 2.19. The Labute approximate surface area is 178 Å². The fraction of sp³-hybridized carbons (Fsp3) is 0.280. The summed E-state index contributed by atoms with van der Waals surface area (Å²) in [5.41, 5.74) is 5.86. The SMILES string of the molecule is Cc1ccccc1-c1c[c]cc2c3cc([N+](=O)[O-])ccc3n(CCC[Si](C)(C)C)c12. The maximum absolute atomic E-state index is 11.4. The van der Waals surface area contributed by atoms with Gasteiger partial charge in [0.25, 0.3) is 5.69 Å². The van der Waals surface area contributed by atoms with E-state index in [0.717, 1.165) is 40.3 Å². The van der Waals surface area contributed by atoms with E-state index in [1.54, 1.807) is 12.1 Å². The molecule has 0 fully saturated rings. The van der Waals surface area contributed by atoms with E-state index in [9.17, 15) is 10.1 Å². The second-order valence-electron chi connectivity index (χ2n) is 9.22. The number of fused-ring (bicyclic) bond motifs is 3. The molecule has 30 heavy (non-hydrogen) atoms. The van der Waals surface area contributed by atoms with Crippen LogP contribution >= 0.6 is 0 Å². The molecule has 0 aliphatic carbocycles. The molecule has 3 aromatic carbocycles. The van der Waals surface area contributed by atoms with E-state index >= 15 is 0 Å². The minimum absolute atomic E-state index is 0.130. The van der Waals surface area contributed by atoms with Crippen molar-refractivity contribution >= 4 is 35.6 Å². The maximum Gasteiger partial charge on any atom is 0.270 e. The Balaban J connectivity index is 1.99. The van der Waals surface area contributed by atoms with Crippen molar-refractivity contribution in [3.8, 4) is 11.1 Å². The molecular formula is C25H27N2O2Si. The Morgan fingerprint density at radius 3 is 2.50 bits per heavy atom. The van der Waals surface area contributed by atoms with Crippen LogP contribution in [0.3, 0.4) is 0 Å². The Morgan fingerprint density at radius 1 is 1.03 bits per heavy atom. The minimum atomic E-state index is -1.14. The van der Waals surface area contributed by atoms with Gasteiger partial charge < -0.3 is 4.57 Å². The number of non-ortho nitro benzene ring substituents is 1. The molecule has 5 heteroatoms. The van der Waals surface area contributed by atoms with E-state index in [1.165, 1.54) is 17.2 Å². The van der Waals surface area contributed by atoms with E-state index < -0.39 is 8.07 Å².